The van der Waals surface area contributed by atoms with E-state index in [-0.39, 0.29) is 0 Å². The summed E-state index contributed by atoms with van der Waals surface area (Å²) in [7, 11) is 0. The standard InChI is InChI=1S/C13H19N5/c1-9-4-2-5-10(8-9)18-13(16)11(6-3-7-14)12(15)17-18/h2,4-5,8H,3,6-7,14,16H2,1H3,(H2,15,17). The Hall–Kier alpha value is -2.01. The highest BCUT2D eigenvalue weighted by molar-refractivity contribution is 5.58. The van der Waals surface area contributed by atoms with E-state index in [1.165, 1.54) is 0 Å². The summed E-state index contributed by atoms with van der Waals surface area (Å²) >= 11 is 0. The molecule has 1 heterocycles. The van der Waals surface area contributed by atoms with E-state index in [9.17, 15) is 0 Å². The van der Waals surface area contributed by atoms with Gasteiger partial charge >= 0.3 is 0 Å². The first-order valence-corrected chi connectivity index (χ1v) is 6.03. The quantitative estimate of drug-likeness (QED) is 0.755. The lowest BCUT2D eigenvalue weighted by Gasteiger charge is -2.05. The molecule has 0 fully saturated rings. The zero-order chi connectivity index (χ0) is 13.1. The van der Waals surface area contributed by atoms with Crippen molar-refractivity contribution in [2.75, 3.05) is 18.0 Å². The van der Waals surface area contributed by atoms with Crippen LogP contribution in [0.2, 0.25) is 0 Å². The second-order valence-corrected chi connectivity index (χ2v) is 4.39. The van der Waals surface area contributed by atoms with Crippen LogP contribution in [0.25, 0.3) is 5.69 Å². The van der Waals surface area contributed by atoms with E-state index in [4.69, 9.17) is 17.2 Å². The second kappa shape index (κ2) is 5.10. The smallest absolute Gasteiger partial charge is 0.151 e. The van der Waals surface area contributed by atoms with Gasteiger partial charge in [-0.2, -0.15) is 0 Å². The van der Waals surface area contributed by atoms with Crippen molar-refractivity contribution in [3.63, 3.8) is 0 Å². The van der Waals surface area contributed by atoms with Gasteiger partial charge in [-0.25, -0.2) is 4.68 Å². The van der Waals surface area contributed by atoms with Crippen molar-refractivity contribution in [2.24, 2.45) is 5.73 Å². The molecule has 6 N–H and O–H groups in total. The highest BCUT2D eigenvalue weighted by atomic mass is 15.3. The highest BCUT2D eigenvalue weighted by Crippen LogP contribution is 2.24. The van der Waals surface area contributed by atoms with Gasteiger partial charge in [-0.1, -0.05) is 12.1 Å². The van der Waals surface area contributed by atoms with E-state index in [1.807, 2.05) is 31.2 Å². The van der Waals surface area contributed by atoms with Gasteiger partial charge in [0.1, 0.15) is 5.82 Å². The molecule has 0 aliphatic rings. The van der Waals surface area contributed by atoms with Crippen LogP contribution in [0.15, 0.2) is 24.3 Å². The third-order valence-corrected chi connectivity index (χ3v) is 2.93. The average Bonchev–Trinajstić information content (AvgIpc) is 2.63. The fourth-order valence-electron chi connectivity index (χ4n) is 1.97. The van der Waals surface area contributed by atoms with Gasteiger partial charge in [0.2, 0.25) is 0 Å². The van der Waals surface area contributed by atoms with E-state index in [0.717, 1.165) is 29.7 Å². The third kappa shape index (κ3) is 2.31. The van der Waals surface area contributed by atoms with Gasteiger partial charge in [0.05, 0.1) is 5.69 Å². The molecule has 1 aromatic heterocycles. The zero-order valence-corrected chi connectivity index (χ0v) is 10.6. The van der Waals surface area contributed by atoms with Crippen LogP contribution < -0.4 is 17.2 Å². The van der Waals surface area contributed by atoms with E-state index in [2.05, 4.69) is 5.10 Å². The summed E-state index contributed by atoms with van der Waals surface area (Å²) in [5.74, 6) is 1.09. The molecule has 0 spiro atoms. The van der Waals surface area contributed by atoms with Crippen molar-refractivity contribution in [3.05, 3.63) is 35.4 Å². The molecule has 0 radical (unpaired) electrons. The minimum Gasteiger partial charge on any atom is -0.383 e. The Balaban J connectivity index is 2.40. The number of hydrogen-bond acceptors (Lipinski definition) is 4. The SMILES string of the molecule is Cc1cccc(-n2nc(N)c(CCCN)c2N)c1. The van der Waals surface area contributed by atoms with Crippen molar-refractivity contribution >= 4 is 11.6 Å². The predicted molar refractivity (Wildman–Crippen MR) is 74.5 cm³/mol. The van der Waals surface area contributed by atoms with E-state index in [0.29, 0.717) is 18.2 Å². The number of nitrogen functional groups attached to an aromatic ring is 2. The minimum atomic E-state index is 0.488. The Morgan fingerprint density at radius 2 is 2.06 bits per heavy atom. The first kappa shape index (κ1) is 12.4. The van der Waals surface area contributed by atoms with Crippen LogP contribution in [0.1, 0.15) is 17.5 Å². The molecule has 0 bridgehead atoms. The maximum atomic E-state index is 6.11. The molecule has 96 valence electrons. The summed E-state index contributed by atoms with van der Waals surface area (Å²) in [6, 6.07) is 7.99. The first-order valence-electron chi connectivity index (χ1n) is 6.03. The van der Waals surface area contributed by atoms with Gasteiger partial charge in [-0.3, -0.25) is 0 Å². The largest absolute Gasteiger partial charge is 0.383 e. The van der Waals surface area contributed by atoms with Crippen LogP contribution >= 0.6 is 0 Å². The highest BCUT2D eigenvalue weighted by Gasteiger charge is 2.13. The van der Waals surface area contributed by atoms with Crippen LogP contribution in [0, 0.1) is 6.92 Å². The molecule has 0 aliphatic heterocycles. The topological polar surface area (TPSA) is 95.9 Å². The molecule has 0 amide bonds. The molecule has 1 aromatic carbocycles. The Morgan fingerprint density at radius 3 is 2.72 bits per heavy atom. The molecule has 5 heteroatoms. The number of hydrogen-bond donors (Lipinski definition) is 3. The Labute approximate surface area is 107 Å². The molecule has 5 nitrogen and oxygen atoms in total. The van der Waals surface area contributed by atoms with Crippen molar-refractivity contribution in [2.45, 2.75) is 19.8 Å². The normalized spacial score (nSPS) is 10.8. The van der Waals surface area contributed by atoms with Crippen LogP contribution in [0.4, 0.5) is 11.6 Å². The number of anilines is 2. The van der Waals surface area contributed by atoms with Crippen LogP contribution in [-0.2, 0) is 6.42 Å². The molecule has 2 aromatic rings. The van der Waals surface area contributed by atoms with Gasteiger partial charge in [-0.05, 0) is 44.0 Å². The Kier molecular flexibility index (Phi) is 3.53. The second-order valence-electron chi connectivity index (χ2n) is 4.39. The Bertz CT molecular complexity index is 544. The van der Waals surface area contributed by atoms with Gasteiger partial charge < -0.3 is 17.2 Å². The van der Waals surface area contributed by atoms with Crippen molar-refractivity contribution in [1.82, 2.24) is 9.78 Å². The zero-order valence-electron chi connectivity index (χ0n) is 10.6. The van der Waals surface area contributed by atoms with Crippen molar-refractivity contribution < 1.29 is 0 Å². The monoisotopic (exact) mass is 245 g/mol. The number of aromatic nitrogens is 2. The fraction of sp³-hybridized carbons (Fsp3) is 0.308. The van der Waals surface area contributed by atoms with Crippen LogP contribution in [0.5, 0.6) is 0 Å². The molecule has 2 rings (SSSR count). The molecular formula is C13H19N5. The van der Waals surface area contributed by atoms with Gasteiger partial charge in [0.25, 0.3) is 0 Å². The lowest BCUT2D eigenvalue weighted by Crippen LogP contribution is -2.05. The predicted octanol–water partition coefficient (Wildman–Crippen LogP) is 1.24. The van der Waals surface area contributed by atoms with Crippen molar-refractivity contribution in [3.8, 4) is 5.69 Å². The van der Waals surface area contributed by atoms with Crippen molar-refractivity contribution in [1.29, 1.82) is 0 Å². The lowest BCUT2D eigenvalue weighted by atomic mass is 10.1. The van der Waals surface area contributed by atoms with Gasteiger partial charge in [0, 0.05) is 5.56 Å². The number of benzene rings is 1. The number of nitrogens with two attached hydrogens (primary N) is 3. The summed E-state index contributed by atoms with van der Waals surface area (Å²) in [5, 5.41) is 4.30. The fourth-order valence-corrected chi connectivity index (χ4v) is 1.97. The maximum absolute atomic E-state index is 6.11. The maximum Gasteiger partial charge on any atom is 0.151 e. The van der Waals surface area contributed by atoms with Gasteiger partial charge in [0.15, 0.2) is 5.82 Å². The van der Waals surface area contributed by atoms with Crippen LogP contribution in [-0.4, -0.2) is 16.3 Å². The number of rotatable bonds is 4. The summed E-state index contributed by atoms with van der Waals surface area (Å²) in [6.45, 7) is 2.65. The molecule has 18 heavy (non-hydrogen) atoms. The summed E-state index contributed by atoms with van der Waals surface area (Å²) in [6.07, 6.45) is 1.62. The Morgan fingerprint density at radius 1 is 1.28 bits per heavy atom. The minimum absolute atomic E-state index is 0.488. The molecular weight excluding hydrogens is 226 g/mol. The molecule has 0 unspecified atom stereocenters. The molecule has 0 saturated heterocycles. The molecule has 0 atom stereocenters. The van der Waals surface area contributed by atoms with E-state index in [1.54, 1.807) is 4.68 Å². The van der Waals surface area contributed by atoms with E-state index < -0.39 is 0 Å². The van der Waals surface area contributed by atoms with E-state index >= 15 is 0 Å². The average molecular weight is 245 g/mol. The molecule has 0 aliphatic carbocycles. The lowest BCUT2D eigenvalue weighted by molar-refractivity contribution is 0.834. The summed E-state index contributed by atoms with van der Waals surface area (Å²) < 4.78 is 1.69. The number of aryl methyl sites for hydroxylation is 1. The van der Waals surface area contributed by atoms with Gasteiger partial charge in [-0.15, -0.1) is 5.10 Å². The summed E-state index contributed by atoms with van der Waals surface area (Å²) in [5.41, 5.74) is 20.5. The summed E-state index contributed by atoms with van der Waals surface area (Å²) in [4.78, 5) is 0. The number of nitrogens with zero attached hydrogens (tertiary/aromatic N) is 2. The molecule has 0 saturated carbocycles. The first-order chi connectivity index (χ1) is 8.63. The van der Waals surface area contributed by atoms with Crippen LogP contribution in [0.3, 0.4) is 0 Å². The third-order valence-electron chi connectivity index (χ3n) is 2.93.